The second-order valence-electron chi connectivity index (χ2n) is 12.4. The summed E-state index contributed by atoms with van der Waals surface area (Å²) in [5, 5.41) is 22.9. The van der Waals surface area contributed by atoms with Crippen molar-refractivity contribution in [1.29, 1.82) is 0 Å². The van der Waals surface area contributed by atoms with E-state index in [-0.39, 0.29) is 0 Å². The van der Waals surface area contributed by atoms with Gasteiger partial charge >= 0.3 is 0 Å². The Kier molecular flexibility index (Phi) is 5.31. The van der Waals surface area contributed by atoms with Gasteiger partial charge in [-0.2, -0.15) is 0 Å². The Morgan fingerprint density at radius 3 is 0.848 bits per heavy atom. The van der Waals surface area contributed by atoms with Gasteiger partial charge in [-0.05, 0) is 124 Å². The van der Waals surface area contributed by atoms with Crippen molar-refractivity contribution in [3.63, 3.8) is 0 Å². The topological polar surface area (TPSA) is 24.1 Å². The number of benzene rings is 10. The lowest BCUT2D eigenvalue weighted by Crippen LogP contribution is -1.93. The zero-order chi connectivity index (χ0) is 30.2. The molecule has 0 amide bonds. The second kappa shape index (κ2) is 9.69. The minimum absolute atomic E-state index is 1.07. The molecule has 0 saturated heterocycles. The first-order chi connectivity index (χ1) is 22.7. The molecule has 0 bridgehead atoms. The Bertz CT molecular complexity index is 2400. The van der Waals surface area contributed by atoms with Gasteiger partial charge in [-0.3, -0.25) is 0 Å². The van der Waals surface area contributed by atoms with E-state index in [2.05, 4.69) is 168 Å². The van der Waals surface area contributed by atoms with Crippen LogP contribution >= 0.6 is 0 Å². The van der Waals surface area contributed by atoms with E-state index < -0.39 is 0 Å². The van der Waals surface area contributed by atoms with Crippen molar-refractivity contribution < 1.29 is 0 Å². The van der Waals surface area contributed by atoms with Gasteiger partial charge in [0.15, 0.2) is 0 Å². The van der Waals surface area contributed by atoms with Crippen LogP contribution in [0.2, 0.25) is 0 Å². The molecular formula is C44H28N2. The van der Waals surface area contributed by atoms with Gasteiger partial charge in [0.1, 0.15) is 0 Å². The molecule has 0 fully saturated rings. The summed E-state index contributed by atoms with van der Waals surface area (Å²) < 4.78 is 0. The lowest BCUT2D eigenvalue weighted by atomic mass is 9.94. The van der Waals surface area contributed by atoms with Gasteiger partial charge in [-0.15, -0.1) is 0 Å². The fourth-order valence-electron chi connectivity index (χ4n) is 7.48. The number of nitrogens with one attached hydrogen (secondary N) is 2. The molecule has 10 aromatic carbocycles. The molecule has 0 radical (unpaired) electrons. The highest BCUT2D eigenvalue weighted by Gasteiger charge is 2.11. The standard InChI is InChI=1S/C44H28N2/c1-3-29-7-11-33-23-39(24-34-12-8-30(4-1)41(29)43(33)34)45-37-19-15-27(16-20-37)28-17-21-38(22-18-28)46-40-25-35-13-9-31-5-2-6-32-10-14-36(26-40)44(35)42(31)32/h1-26,45-46H. The molecule has 10 rings (SSSR count). The van der Waals surface area contributed by atoms with Crippen LogP contribution in [0.1, 0.15) is 0 Å². The third-order valence-corrected chi connectivity index (χ3v) is 9.61. The first kappa shape index (κ1) is 25.2. The van der Waals surface area contributed by atoms with E-state index in [9.17, 15) is 0 Å². The fourth-order valence-corrected chi connectivity index (χ4v) is 7.48. The van der Waals surface area contributed by atoms with E-state index in [0.29, 0.717) is 0 Å². The highest BCUT2D eigenvalue weighted by atomic mass is 14.9. The molecule has 0 aliphatic rings. The van der Waals surface area contributed by atoms with Crippen LogP contribution in [-0.2, 0) is 0 Å². The van der Waals surface area contributed by atoms with Gasteiger partial charge < -0.3 is 10.6 Å². The zero-order valence-corrected chi connectivity index (χ0v) is 25.0. The predicted molar refractivity (Wildman–Crippen MR) is 199 cm³/mol. The van der Waals surface area contributed by atoms with Crippen LogP contribution in [0.15, 0.2) is 158 Å². The molecular weight excluding hydrogens is 556 g/mol. The van der Waals surface area contributed by atoms with Gasteiger partial charge in [-0.25, -0.2) is 0 Å². The highest BCUT2D eigenvalue weighted by Crippen LogP contribution is 2.38. The van der Waals surface area contributed by atoms with Gasteiger partial charge in [0, 0.05) is 22.7 Å². The van der Waals surface area contributed by atoms with Crippen LogP contribution < -0.4 is 10.6 Å². The number of rotatable bonds is 5. The fraction of sp³-hybridized carbons (Fsp3) is 0. The van der Waals surface area contributed by atoms with E-state index in [4.69, 9.17) is 0 Å². The molecule has 0 aromatic heterocycles. The average Bonchev–Trinajstić information content (AvgIpc) is 3.10. The monoisotopic (exact) mass is 584 g/mol. The number of anilines is 4. The maximum atomic E-state index is 3.64. The maximum Gasteiger partial charge on any atom is 0.0396 e. The molecule has 2 heteroatoms. The quantitative estimate of drug-likeness (QED) is 0.197. The third-order valence-electron chi connectivity index (χ3n) is 9.61. The van der Waals surface area contributed by atoms with E-state index >= 15 is 0 Å². The van der Waals surface area contributed by atoms with Crippen LogP contribution in [-0.4, -0.2) is 0 Å². The van der Waals surface area contributed by atoms with Gasteiger partial charge in [0.25, 0.3) is 0 Å². The SMILES string of the molecule is c1cc2ccc3cc(Nc4ccc(-c5ccc(Nc6cc7ccc8cccc9ccc(c6)c7c89)cc5)cc4)cc4ccc(c1)c2c34. The maximum absolute atomic E-state index is 3.64. The molecule has 46 heavy (non-hydrogen) atoms. The van der Waals surface area contributed by atoms with Gasteiger partial charge in [0.05, 0.1) is 0 Å². The Morgan fingerprint density at radius 2 is 0.522 bits per heavy atom. The number of hydrogen-bond donors (Lipinski definition) is 2. The molecule has 0 unspecified atom stereocenters. The van der Waals surface area contributed by atoms with Crippen LogP contribution in [0.4, 0.5) is 22.7 Å². The summed E-state index contributed by atoms with van der Waals surface area (Å²) in [4.78, 5) is 0. The Morgan fingerprint density at radius 1 is 0.239 bits per heavy atom. The minimum atomic E-state index is 1.07. The van der Waals surface area contributed by atoms with Crippen LogP contribution in [0.5, 0.6) is 0 Å². The summed E-state index contributed by atoms with van der Waals surface area (Å²) in [5.41, 5.74) is 6.72. The molecule has 0 aliphatic heterocycles. The van der Waals surface area contributed by atoms with E-state index in [0.717, 1.165) is 22.7 Å². The minimum Gasteiger partial charge on any atom is -0.355 e. The average molecular weight is 585 g/mol. The molecule has 2 N–H and O–H groups in total. The molecule has 0 atom stereocenters. The summed E-state index contributed by atoms with van der Waals surface area (Å²) in [6.45, 7) is 0. The summed E-state index contributed by atoms with van der Waals surface area (Å²) in [6.07, 6.45) is 0. The molecule has 0 saturated carbocycles. The van der Waals surface area contributed by atoms with Crippen molar-refractivity contribution in [3.05, 3.63) is 158 Å². The molecule has 0 spiro atoms. The van der Waals surface area contributed by atoms with Crippen LogP contribution in [0.25, 0.3) is 75.8 Å². The third kappa shape index (κ3) is 3.97. The molecule has 0 heterocycles. The Balaban J connectivity index is 0.894. The largest absolute Gasteiger partial charge is 0.355 e. The van der Waals surface area contributed by atoms with Crippen molar-refractivity contribution in [3.8, 4) is 11.1 Å². The normalized spacial score (nSPS) is 11.9. The summed E-state index contributed by atoms with van der Waals surface area (Å²) >= 11 is 0. The summed E-state index contributed by atoms with van der Waals surface area (Å²) in [6, 6.07) is 57.4. The molecule has 0 aliphatic carbocycles. The van der Waals surface area contributed by atoms with E-state index in [1.165, 1.54) is 75.8 Å². The van der Waals surface area contributed by atoms with Gasteiger partial charge in [0.2, 0.25) is 0 Å². The lowest BCUT2D eigenvalue weighted by molar-refractivity contribution is 1.54. The lowest BCUT2D eigenvalue weighted by Gasteiger charge is -2.14. The first-order valence-electron chi connectivity index (χ1n) is 15.8. The van der Waals surface area contributed by atoms with Gasteiger partial charge in [-0.1, -0.05) is 109 Å². The summed E-state index contributed by atoms with van der Waals surface area (Å²) in [7, 11) is 0. The van der Waals surface area contributed by atoms with Crippen molar-refractivity contribution >= 4 is 87.4 Å². The smallest absolute Gasteiger partial charge is 0.0396 e. The van der Waals surface area contributed by atoms with E-state index in [1.807, 2.05) is 0 Å². The Hall–Kier alpha value is -6.12. The first-order valence-corrected chi connectivity index (χ1v) is 15.8. The van der Waals surface area contributed by atoms with Crippen molar-refractivity contribution in [2.45, 2.75) is 0 Å². The molecule has 10 aromatic rings. The Labute approximate surface area is 266 Å². The predicted octanol–water partition coefficient (Wildman–Crippen LogP) is 12.6. The summed E-state index contributed by atoms with van der Waals surface area (Å²) in [5.74, 6) is 0. The second-order valence-corrected chi connectivity index (χ2v) is 12.4. The molecule has 214 valence electrons. The zero-order valence-electron chi connectivity index (χ0n) is 25.0. The highest BCUT2D eigenvalue weighted by molar-refractivity contribution is 6.24. The van der Waals surface area contributed by atoms with Crippen LogP contribution in [0.3, 0.4) is 0 Å². The van der Waals surface area contributed by atoms with Crippen molar-refractivity contribution in [2.75, 3.05) is 10.6 Å². The van der Waals surface area contributed by atoms with Crippen molar-refractivity contribution in [1.82, 2.24) is 0 Å². The number of hydrogen-bond acceptors (Lipinski definition) is 2. The molecule has 2 nitrogen and oxygen atoms in total. The van der Waals surface area contributed by atoms with Crippen LogP contribution in [0, 0.1) is 0 Å². The van der Waals surface area contributed by atoms with Crippen molar-refractivity contribution in [2.24, 2.45) is 0 Å². The van der Waals surface area contributed by atoms with E-state index in [1.54, 1.807) is 0 Å².